The van der Waals surface area contributed by atoms with Gasteiger partial charge in [-0.2, -0.15) is 4.72 Å². The number of benzene rings is 2. The number of hydrogen-bond acceptors (Lipinski definition) is 3. The van der Waals surface area contributed by atoms with Gasteiger partial charge in [-0.1, -0.05) is 35.3 Å². The predicted molar refractivity (Wildman–Crippen MR) is 99.4 cm³/mol. The fraction of sp³-hybridized carbons (Fsp3) is 0.235. The standard InChI is InChI=1S/C17H17Cl2FN2O3S/c1-11(22-26(24,25)16-5-3-2-4-15(16)20)17(23)21-7-6-12-8-13(18)10-14(19)9-12/h2-5,8-11,22H,6-7H2,1H3,(H,21,23)/t11-/m0/s1. The van der Waals surface area contributed by atoms with Gasteiger partial charge in [-0.05, 0) is 49.2 Å². The van der Waals surface area contributed by atoms with E-state index in [-0.39, 0.29) is 6.54 Å². The summed E-state index contributed by atoms with van der Waals surface area (Å²) in [6.07, 6.45) is 0.471. The van der Waals surface area contributed by atoms with Gasteiger partial charge in [-0.15, -0.1) is 0 Å². The first kappa shape index (κ1) is 20.6. The van der Waals surface area contributed by atoms with Crippen LogP contribution in [0.1, 0.15) is 12.5 Å². The fourth-order valence-corrected chi connectivity index (χ4v) is 4.10. The average molecular weight is 419 g/mol. The van der Waals surface area contributed by atoms with Crippen molar-refractivity contribution in [3.05, 3.63) is 63.9 Å². The Bertz CT molecular complexity index is 886. The molecule has 2 aromatic rings. The molecule has 2 aromatic carbocycles. The normalized spacial score (nSPS) is 12.6. The average Bonchev–Trinajstić information content (AvgIpc) is 2.53. The first-order chi connectivity index (χ1) is 12.2. The zero-order valence-electron chi connectivity index (χ0n) is 13.8. The van der Waals surface area contributed by atoms with Crippen molar-refractivity contribution >= 4 is 39.1 Å². The van der Waals surface area contributed by atoms with E-state index in [1.165, 1.54) is 19.1 Å². The molecule has 5 nitrogen and oxygen atoms in total. The highest BCUT2D eigenvalue weighted by molar-refractivity contribution is 7.89. The van der Waals surface area contributed by atoms with Gasteiger partial charge >= 0.3 is 0 Å². The molecule has 0 spiro atoms. The molecule has 0 aliphatic heterocycles. The van der Waals surface area contributed by atoms with Crippen LogP contribution in [-0.4, -0.2) is 26.9 Å². The van der Waals surface area contributed by atoms with E-state index < -0.39 is 32.7 Å². The smallest absolute Gasteiger partial charge is 0.244 e. The van der Waals surface area contributed by atoms with Gasteiger partial charge in [0.15, 0.2) is 0 Å². The summed E-state index contributed by atoms with van der Waals surface area (Å²) in [6, 6.07) is 8.94. The minimum Gasteiger partial charge on any atom is -0.354 e. The van der Waals surface area contributed by atoms with Crippen LogP contribution in [0.3, 0.4) is 0 Å². The molecule has 0 fully saturated rings. The van der Waals surface area contributed by atoms with Crippen LogP contribution in [0.4, 0.5) is 4.39 Å². The molecule has 26 heavy (non-hydrogen) atoms. The van der Waals surface area contributed by atoms with Crippen molar-refractivity contribution < 1.29 is 17.6 Å². The van der Waals surface area contributed by atoms with Crippen molar-refractivity contribution in [1.82, 2.24) is 10.0 Å². The quantitative estimate of drug-likeness (QED) is 0.724. The van der Waals surface area contributed by atoms with E-state index >= 15 is 0 Å². The summed E-state index contributed by atoms with van der Waals surface area (Å²) in [5.74, 6) is -1.41. The second-order valence-electron chi connectivity index (χ2n) is 5.59. The van der Waals surface area contributed by atoms with Crippen molar-refractivity contribution in [2.24, 2.45) is 0 Å². The lowest BCUT2D eigenvalue weighted by molar-refractivity contribution is -0.122. The van der Waals surface area contributed by atoms with Crippen LogP contribution in [0.25, 0.3) is 0 Å². The minimum atomic E-state index is -4.14. The molecular formula is C17H17Cl2FN2O3S. The number of nitrogens with one attached hydrogen (secondary N) is 2. The highest BCUT2D eigenvalue weighted by atomic mass is 35.5. The van der Waals surface area contributed by atoms with Gasteiger partial charge in [-0.25, -0.2) is 12.8 Å². The number of hydrogen-bond donors (Lipinski definition) is 2. The van der Waals surface area contributed by atoms with Crippen LogP contribution >= 0.6 is 23.2 Å². The Kier molecular flexibility index (Phi) is 7.00. The van der Waals surface area contributed by atoms with Gasteiger partial charge in [0, 0.05) is 16.6 Å². The maximum atomic E-state index is 13.7. The Balaban J connectivity index is 1.92. The second kappa shape index (κ2) is 8.81. The largest absolute Gasteiger partial charge is 0.354 e. The summed E-state index contributed by atoms with van der Waals surface area (Å²) in [6.45, 7) is 1.64. The van der Waals surface area contributed by atoms with Gasteiger partial charge in [-0.3, -0.25) is 4.79 Å². The first-order valence-corrected chi connectivity index (χ1v) is 9.92. The van der Waals surface area contributed by atoms with Crippen molar-refractivity contribution in [3.63, 3.8) is 0 Å². The number of halogens is 3. The molecule has 0 heterocycles. The summed E-state index contributed by atoms with van der Waals surface area (Å²) >= 11 is 11.8. The van der Waals surface area contributed by atoms with E-state index in [1.54, 1.807) is 18.2 Å². The Morgan fingerprint density at radius 3 is 2.38 bits per heavy atom. The third-order valence-electron chi connectivity index (χ3n) is 3.49. The molecule has 0 bridgehead atoms. The summed E-state index contributed by atoms with van der Waals surface area (Å²) < 4.78 is 40.2. The van der Waals surface area contributed by atoms with Crippen molar-refractivity contribution in [2.75, 3.05) is 6.54 Å². The molecule has 0 aliphatic rings. The summed E-state index contributed by atoms with van der Waals surface area (Å²) in [5.41, 5.74) is 0.836. The molecular weight excluding hydrogens is 402 g/mol. The number of carbonyl (C=O) groups excluding carboxylic acids is 1. The first-order valence-electron chi connectivity index (χ1n) is 7.68. The van der Waals surface area contributed by atoms with Crippen LogP contribution in [0.5, 0.6) is 0 Å². The highest BCUT2D eigenvalue weighted by Crippen LogP contribution is 2.19. The number of sulfonamides is 1. The molecule has 1 amide bonds. The molecule has 0 saturated heterocycles. The van der Waals surface area contributed by atoms with E-state index in [0.717, 1.165) is 17.7 Å². The Labute approximate surface area is 161 Å². The topological polar surface area (TPSA) is 75.3 Å². The Morgan fingerprint density at radius 1 is 1.15 bits per heavy atom. The maximum Gasteiger partial charge on any atom is 0.244 e. The van der Waals surface area contributed by atoms with Gasteiger partial charge in [0.25, 0.3) is 0 Å². The third kappa shape index (κ3) is 5.67. The van der Waals surface area contributed by atoms with Crippen LogP contribution in [0, 0.1) is 5.82 Å². The van der Waals surface area contributed by atoms with E-state index in [9.17, 15) is 17.6 Å². The summed E-state index contributed by atoms with van der Waals surface area (Å²) in [4.78, 5) is 11.6. The molecule has 0 aromatic heterocycles. The molecule has 0 aliphatic carbocycles. The van der Waals surface area contributed by atoms with E-state index in [4.69, 9.17) is 23.2 Å². The number of carbonyl (C=O) groups is 1. The van der Waals surface area contributed by atoms with E-state index in [2.05, 4.69) is 10.0 Å². The highest BCUT2D eigenvalue weighted by Gasteiger charge is 2.24. The molecule has 1 atom stereocenters. The van der Waals surface area contributed by atoms with Crippen molar-refractivity contribution in [2.45, 2.75) is 24.3 Å². The van der Waals surface area contributed by atoms with Crippen molar-refractivity contribution in [1.29, 1.82) is 0 Å². The van der Waals surface area contributed by atoms with Crippen molar-refractivity contribution in [3.8, 4) is 0 Å². The second-order valence-corrected chi connectivity index (χ2v) is 8.15. The summed E-state index contributed by atoms with van der Waals surface area (Å²) in [5, 5.41) is 3.59. The lowest BCUT2D eigenvalue weighted by Gasteiger charge is -2.15. The van der Waals surface area contributed by atoms with Gasteiger partial charge in [0.1, 0.15) is 10.7 Å². The summed E-state index contributed by atoms with van der Waals surface area (Å²) in [7, 11) is -4.14. The number of amides is 1. The molecule has 9 heteroatoms. The lowest BCUT2D eigenvalue weighted by Crippen LogP contribution is -2.45. The van der Waals surface area contributed by atoms with E-state index in [1.807, 2.05) is 0 Å². The molecule has 2 N–H and O–H groups in total. The minimum absolute atomic E-state index is 0.265. The Hall–Kier alpha value is -1.67. The monoisotopic (exact) mass is 418 g/mol. The zero-order chi connectivity index (χ0) is 19.3. The molecule has 0 saturated carbocycles. The molecule has 0 radical (unpaired) electrons. The third-order valence-corrected chi connectivity index (χ3v) is 5.50. The van der Waals surface area contributed by atoms with Gasteiger partial charge in [0.05, 0.1) is 6.04 Å². The molecule has 140 valence electrons. The number of rotatable bonds is 7. The fourth-order valence-electron chi connectivity index (χ4n) is 2.25. The Morgan fingerprint density at radius 2 is 1.77 bits per heavy atom. The van der Waals surface area contributed by atoms with Crippen LogP contribution < -0.4 is 10.0 Å². The molecule has 0 unspecified atom stereocenters. The van der Waals surface area contributed by atoms with Crippen LogP contribution in [-0.2, 0) is 21.2 Å². The lowest BCUT2D eigenvalue weighted by atomic mass is 10.1. The van der Waals surface area contributed by atoms with Gasteiger partial charge < -0.3 is 5.32 Å². The predicted octanol–water partition coefficient (Wildman–Crippen LogP) is 3.16. The van der Waals surface area contributed by atoms with Crippen LogP contribution in [0.15, 0.2) is 47.4 Å². The van der Waals surface area contributed by atoms with E-state index in [0.29, 0.717) is 16.5 Å². The maximum absolute atomic E-state index is 13.7. The zero-order valence-corrected chi connectivity index (χ0v) is 16.1. The SMILES string of the molecule is C[C@H](NS(=O)(=O)c1ccccc1F)C(=O)NCCc1cc(Cl)cc(Cl)c1. The van der Waals surface area contributed by atoms with Gasteiger partial charge in [0.2, 0.25) is 15.9 Å². The van der Waals surface area contributed by atoms with Crippen LogP contribution in [0.2, 0.25) is 10.0 Å². The molecule has 2 rings (SSSR count).